The molecule has 0 bridgehead atoms. The van der Waals surface area contributed by atoms with E-state index in [0.29, 0.717) is 18.8 Å². The molecule has 0 radical (unpaired) electrons. The molecule has 1 aliphatic carbocycles. The molecule has 1 amide bonds. The summed E-state index contributed by atoms with van der Waals surface area (Å²) in [6, 6.07) is -0.759. The number of nitrogens with one attached hydrogen (secondary N) is 1. The van der Waals surface area contributed by atoms with Gasteiger partial charge in [0, 0.05) is 6.54 Å². The van der Waals surface area contributed by atoms with Gasteiger partial charge in [0.25, 0.3) is 0 Å². The predicted octanol–water partition coefficient (Wildman–Crippen LogP) is 1.86. The lowest BCUT2D eigenvalue weighted by Crippen LogP contribution is -2.59. The molecule has 1 saturated carbocycles. The highest BCUT2D eigenvalue weighted by Crippen LogP contribution is 2.34. The van der Waals surface area contributed by atoms with Crippen molar-refractivity contribution in [3.8, 4) is 0 Å². The zero-order valence-corrected chi connectivity index (χ0v) is 13.4. The lowest BCUT2D eigenvalue weighted by atomic mass is 9.76. The maximum atomic E-state index is 12.5. The minimum absolute atomic E-state index is 0.0453. The molecule has 1 saturated heterocycles. The lowest BCUT2D eigenvalue weighted by molar-refractivity contribution is -0.159. The minimum atomic E-state index is -4.41. The quantitative estimate of drug-likeness (QED) is 0.796. The van der Waals surface area contributed by atoms with Crippen molar-refractivity contribution in [2.24, 2.45) is 5.92 Å². The van der Waals surface area contributed by atoms with Crippen molar-refractivity contribution >= 4 is 11.9 Å². The summed E-state index contributed by atoms with van der Waals surface area (Å²) in [6.07, 6.45) is -1.45. The van der Waals surface area contributed by atoms with Gasteiger partial charge in [0.1, 0.15) is 12.1 Å². The molecule has 0 aromatic rings. The van der Waals surface area contributed by atoms with E-state index in [9.17, 15) is 22.8 Å². The number of esters is 1. The molecule has 8 heteroatoms. The van der Waals surface area contributed by atoms with E-state index >= 15 is 0 Å². The number of rotatable bonds is 4. The molecular formula is C15H23F3N2O3. The summed E-state index contributed by atoms with van der Waals surface area (Å²) < 4.78 is 42.3. The average molecular weight is 336 g/mol. The van der Waals surface area contributed by atoms with Gasteiger partial charge in [0.05, 0.1) is 13.2 Å². The fraction of sp³-hybridized carbons (Fsp3) is 0.867. The fourth-order valence-electron chi connectivity index (χ4n) is 3.44. The topological polar surface area (TPSA) is 58.6 Å². The van der Waals surface area contributed by atoms with Crippen LogP contribution in [0.4, 0.5) is 13.2 Å². The van der Waals surface area contributed by atoms with Gasteiger partial charge < -0.3 is 9.64 Å². The van der Waals surface area contributed by atoms with E-state index in [4.69, 9.17) is 4.74 Å². The number of halogens is 3. The summed E-state index contributed by atoms with van der Waals surface area (Å²) in [5.41, 5.74) is -0.962. The van der Waals surface area contributed by atoms with Crippen LogP contribution in [0, 0.1) is 5.92 Å². The van der Waals surface area contributed by atoms with E-state index in [1.165, 1.54) is 7.11 Å². The summed E-state index contributed by atoms with van der Waals surface area (Å²) in [6.45, 7) is 0.892. The number of carbonyl (C=O) groups excluding carboxylic acids is 2. The second-order valence-electron chi connectivity index (χ2n) is 6.62. The number of methoxy groups -OCH3 is 1. The van der Waals surface area contributed by atoms with Crippen molar-refractivity contribution in [2.45, 2.75) is 56.8 Å². The van der Waals surface area contributed by atoms with Gasteiger partial charge >= 0.3 is 12.1 Å². The lowest BCUT2D eigenvalue weighted by Gasteiger charge is -2.39. The Labute approximate surface area is 133 Å². The van der Waals surface area contributed by atoms with Crippen molar-refractivity contribution in [1.29, 1.82) is 0 Å². The minimum Gasteiger partial charge on any atom is -0.468 e. The third-order valence-corrected chi connectivity index (χ3v) is 4.82. The summed E-state index contributed by atoms with van der Waals surface area (Å²) in [7, 11) is 1.29. The summed E-state index contributed by atoms with van der Waals surface area (Å²) >= 11 is 0. The Morgan fingerprint density at radius 1 is 1.35 bits per heavy atom. The molecule has 2 aliphatic rings. The first-order valence-corrected chi connectivity index (χ1v) is 7.88. The van der Waals surface area contributed by atoms with Crippen LogP contribution in [0.3, 0.4) is 0 Å². The molecule has 0 aromatic carbocycles. The largest absolute Gasteiger partial charge is 0.468 e. The Bertz CT molecular complexity index is 459. The molecule has 132 valence electrons. The van der Waals surface area contributed by atoms with Gasteiger partial charge in [0.2, 0.25) is 5.91 Å². The van der Waals surface area contributed by atoms with Crippen LogP contribution in [0.1, 0.15) is 39.0 Å². The highest BCUT2D eigenvalue weighted by atomic mass is 19.4. The van der Waals surface area contributed by atoms with Gasteiger partial charge in [-0.1, -0.05) is 6.92 Å². The maximum Gasteiger partial charge on any atom is 0.406 e. The van der Waals surface area contributed by atoms with Crippen LogP contribution in [-0.4, -0.2) is 54.7 Å². The second kappa shape index (κ2) is 6.67. The van der Waals surface area contributed by atoms with E-state index in [-0.39, 0.29) is 13.0 Å². The van der Waals surface area contributed by atoms with E-state index in [0.717, 1.165) is 17.7 Å². The Morgan fingerprint density at radius 2 is 1.96 bits per heavy atom. The molecule has 1 atom stereocenters. The standard InChI is InChI=1S/C15H23F3N2O3/c1-10-3-6-14(7-4-10,13(22)23-2)19-11-5-8-20(12(11)21)9-15(16,17)18/h10-11,19H,3-9H2,1-2H3/t10?,11-,14?/m1/s1. The number of nitrogens with zero attached hydrogens (tertiary/aromatic N) is 1. The highest BCUT2D eigenvalue weighted by Gasteiger charge is 2.47. The van der Waals surface area contributed by atoms with Gasteiger partial charge in [-0.3, -0.25) is 14.9 Å². The van der Waals surface area contributed by atoms with E-state index in [2.05, 4.69) is 12.2 Å². The first-order valence-electron chi connectivity index (χ1n) is 7.88. The molecule has 2 fully saturated rings. The summed E-state index contributed by atoms with van der Waals surface area (Å²) in [5.74, 6) is -0.550. The highest BCUT2D eigenvalue weighted by molar-refractivity contribution is 5.86. The van der Waals surface area contributed by atoms with Crippen molar-refractivity contribution in [1.82, 2.24) is 10.2 Å². The van der Waals surface area contributed by atoms with Crippen LogP contribution in [0.5, 0.6) is 0 Å². The van der Waals surface area contributed by atoms with Crippen molar-refractivity contribution < 1.29 is 27.5 Å². The average Bonchev–Trinajstić information content (AvgIpc) is 2.80. The molecule has 2 rings (SSSR count). The molecule has 1 heterocycles. The van der Waals surface area contributed by atoms with E-state index in [1.807, 2.05) is 0 Å². The van der Waals surface area contributed by atoms with Gasteiger partial charge in [-0.2, -0.15) is 13.2 Å². The zero-order valence-electron chi connectivity index (χ0n) is 13.4. The van der Waals surface area contributed by atoms with E-state index in [1.54, 1.807) is 0 Å². The van der Waals surface area contributed by atoms with Crippen molar-refractivity contribution in [3.05, 3.63) is 0 Å². The van der Waals surface area contributed by atoms with E-state index < -0.39 is 36.2 Å². The van der Waals surface area contributed by atoms with Crippen LogP contribution >= 0.6 is 0 Å². The molecular weight excluding hydrogens is 313 g/mol. The fourth-order valence-corrected chi connectivity index (χ4v) is 3.44. The SMILES string of the molecule is COC(=O)C1(N[C@@H]2CCN(CC(F)(F)F)C2=O)CCC(C)CC1. The van der Waals surface area contributed by atoms with Gasteiger partial charge in [-0.25, -0.2) is 0 Å². The molecule has 0 unspecified atom stereocenters. The van der Waals surface area contributed by atoms with Crippen LogP contribution in [0.2, 0.25) is 0 Å². The Morgan fingerprint density at radius 3 is 2.48 bits per heavy atom. The second-order valence-corrected chi connectivity index (χ2v) is 6.62. The van der Waals surface area contributed by atoms with Crippen LogP contribution in [-0.2, 0) is 14.3 Å². The summed E-state index contributed by atoms with van der Waals surface area (Å²) in [4.78, 5) is 25.2. The number of alkyl halides is 3. The molecule has 23 heavy (non-hydrogen) atoms. The van der Waals surface area contributed by atoms with Crippen LogP contribution in [0.25, 0.3) is 0 Å². The van der Waals surface area contributed by atoms with Crippen LogP contribution in [0.15, 0.2) is 0 Å². The Balaban J connectivity index is 2.06. The van der Waals surface area contributed by atoms with Gasteiger partial charge in [-0.05, 0) is 38.0 Å². The molecule has 0 aromatic heterocycles. The molecule has 1 aliphatic heterocycles. The molecule has 5 nitrogen and oxygen atoms in total. The molecule has 0 spiro atoms. The number of amides is 1. The number of ether oxygens (including phenoxy) is 1. The number of hydrogen-bond donors (Lipinski definition) is 1. The number of likely N-dealkylation sites (tertiary alicyclic amines) is 1. The monoisotopic (exact) mass is 336 g/mol. The summed E-state index contributed by atoms with van der Waals surface area (Å²) in [5, 5.41) is 3.03. The van der Waals surface area contributed by atoms with Crippen molar-refractivity contribution in [3.63, 3.8) is 0 Å². The predicted molar refractivity (Wildman–Crippen MR) is 76.6 cm³/mol. The first kappa shape index (κ1) is 18.0. The maximum absolute atomic E-state index is 12.5. The third kappa shape index (κ3) is 4.16. The Hall–Kier alpha value is -1.31. The molecule has 1 N–H and O–H groups in total. The normalized spacial score (nSPS) is 32.2. The number of hydrogen-bond acceptors (Lipinski definition) is 4. The first-order chi connectivity index (χ1) is 10.7. The van der Waals surface area contributed by atoms with Gasteiger partial charge in [-0.15, -0.1) is 0 Å². The number of carbonyl (C=O) groups is 2. The van der Waals surface area contributed by atoms with Gasteiger partial charge in [0.15, 0.2) is 0 Å². The van der Waals surface area contributed by atoms with Crippen molar-refractivity contribution in [2.75, 3.05) is 20.2 Å². The zero-order chi connectivity index (χ0) is 17.3. The third-order valence-electron chi connectivity index (χ3n) is 4.82. The smallest absolute Gasteiger partial charge is 0.406 e. The van der Waals surface area contributed by atoms with Crippen LogP contribution < -0.4 is 5.32 Å². The Kier molecular flexibility index (Phi) is 5.23.